The Morgan fingerprint density at radius 1 is 1.08 bits per heavy atom. The molecular weight excluding hydrogens is 340 g/mol. The molecule has 0 aliphatic rings. The number of carbonyl (C=O) groups excluding carboxylic acids is 2. The van der Waals surface area contributed by atoms with Gasteiger partial charge in [-0.2, -0.15) is 0 Å². The number of ether oxygens (including phenoxy) is 1. The molecule has 0 aliphatic carbocycles. The fraction of sp³-hybridized carbons (Fsp3) is 0.0588. The first-order valence-electron chi connectivity index (χ1n) is 6.80. The zero-order chi connectivity index (χ0) is 17.5. The standard InChI is InChI=1S/C17H12ClF2NO3/c18-12-5-2-1-4-11(12)8-9-16(23)24-10-15(22)21-17-13(19)6-3-7-14(17)20/h1-9H,10H2,(H,21,22)/b9-8+. The summed E-state index contributed by atoms with van der Waals surface area (Å²) < 4.78 is 31.4. The van der Waals surface area contributed by atoms with Crippen molar-refractivity contribution in [3.63, 3.8) is 0 Å². The van der Waals surface area contributed by atoms with Crippen molar-refractivity contribution in [2.75, 3.05) is 11.9 Å². The Kier molecular flexibility index (Phi) is 6.03. The summed E-state index contributed by atoms with van der Waals surface area (Å²) in [5.74, 6) is -3.50. The first-order valence-corrected chi connectivity index (χ1v) is 7.18. The van der Waals surface area contributed by atoms with E-state index < -0.39 is 35.8 Å². The number of amides is 1. The zero-order valence-electron chi connectivity index (χ0n) is 12.3. The molecule has 0 saturated carbocycles. The monoisotopic (exact) mass is 351 g/mol. The van der Waals surface area contributed by atoms with Gasteiger partial charge in [-0.05, 0) is 29.8 Å². The van der Waals surface area contributed by atoms with E-state index in [1.807, 2.05) is 5.32 Å². The minimum atomic E-state index is -0.923. The van der Waals surface area contributed by atoms with Crippen LogP contribution in [-0.4, -0.2) is 18.5 Å². The molecule has 2 rings (SSSR count). The Bertz CT molecular complexity index is 773. The molecule has 0 aliphatic heterocycles. The van der Waals surface area contributed by atoms with Crippen molar-refractivity contribution < 1.29 is 23.1 Å². The van der Waals surface area contributed by atoms with Gasteiger partial charge in [-0.3, -0.25) is 4.79 Å². The van der Waals surface area contributed by atoms with Gasteiger partial charge < -0.3 is 10.1 Å². The molecule has 0 saturated heterocycles. The first kappa shape index (κ1) is 17.6. The van der Waals surface area contributed by atoms with Crippen LogP contribution in [0, 0.1) is 11.6 Å². The number of hydrogen-bond donors (Lipinski definition) is 1. The van der Waals surface area contributed by atoms with E-state index in [0.29, 0.717) is 10.6 Å². The van der Waals surface area contributed by atoms with Gasteiger partial charge in [-0.1, -0.05) is 35.9 Å². The molecule has 0 heterocycles. The highest BCUT2D eigenvalue weighted by molar-refractivity contribution is 6.32. The van der Waals surface area contributed by atoms with Crippen LogP contribution in [0.3, 0.4) is 0 Å². The second kappa shape index (κ2) is 8.21. The number of esters is 1. The van der Waals surface area contributed by atoms with Gasteiger partial charge in [-0.25, -0.2) is 13.6 Å². The van der Waals surface area contributed by atoms with Crippen LogP contribution in [0.4, 0.5) is 14.5 Å². The van der Waals surface area contributed by atoms with E-state index in [-0.39, 0.29) is 0 Å². The molecule has 0 bridgehead atoms. The lowest BCUT2D eigenvalue weighted by atomic mass is 10.2. The van der Waals surface area contributed by atoms with Crippen LogP contribution in [-0.2, 0) is 14.3 Å². The van der Waals surface area contributed by atoms with Crippen LogP contribution in [0.2, 0.25) is 5.02 Å². The van der Waals surface area contributed by atoms with Crippen molar-refractivity contribution in [2.45, 2.75) is 0 Å². The number of nitrogens with one attached hydrogen (secondary N) is 1. The van der Waals surface area contributed by atoms with E-state index in [0.717, 1.165) is 18.2 Å². The highest BCUT2D eigenvalue weighted by atomic mass is 35.5. The largest absolute Gasteiger partial charge is 0.452 e. The molecule has 24 heavy (non-hydrogen) atoms. The highest BCUT2D eigenvalue weighted by Crippen LogP contribution is 2.18. The van der Waals surface area contributed by atoms with Crippen LogP contribution in [0.25, 0.3) is 6.08 Å². The number of rotatable bonds is 5. The molecule has 1 amide bonds. The van der Waals surface area contributed by atoms with Gasteiger partial charge in [0, 0.05) is 11.1 Å². The van der Waals surface area contributed by atoms with E-state index in [1.54, 1.807) is 24.3 Å². The predicted molar refractivity (Wildman–Crippen MR) is 86.4 cm³/mol. The Balaban J connectivity index is 1.88. The Hall–Kier alpha value is -2.73. The molecular formula is C17H12ClF2NO3. The molecule has 124 valence electrons. The third-order valence-electron chi connectivity index (χ3n) is 2.88. The highest BCUT2D eigenvalue weighted by Gasteiger charge is 2.12. The maximum Gasteiger partial charge on any atom is 0.331 e. The van der Waals surface area contributed by atoms with Gasteiger partial charge in [0.2, 0.25) is 0 Å². The summed E-state index contributed by atoms with van der Waals surface area (Å²) >= 11 is 5.92. The van der Waals surface area contributed by atoms with Crippen LogP contribution in [0.1, 0.15) is 5.56 Å². The van der Waals surface area contributed by atoms with Crippen LogP contribution >= 0.6 is 11.6 Å². The number of anilines is 1. The van der Waals surface area contributed by atoms with Crippen molar-refractivity contribution in [1.29, 1.82) is 0 Å². The third-order valence-corrected chi connectivity index (χ3v) is 3.22. The lowest BCUT2D eigenvalue weighted by molar-refractivity contribution is -0.142. The summed E-state index contributed by atoms with van der Waals surface area (Å²) in [6.45, 7) is -0.681. The van der Waals surface area contributed by atoms with Gasteiger partial charge in [-0.15, -0.1) is 0 Å². The lowest BCUT2D eigenvalue weighted by Crippen LogP contribution is -2.21. The van der Waals surface area contributed by atoms with Gasteiger partial charge >= 0.3 is 5.97 Å². The fourth-order valence-electron chi connectivity index (χ4n) is 1.75. The molecule has 7 heteroatoms. The maximum atomic E-state index is 13.4. The summed E-state index contributed by atoms with van der Waals surface area (Å²) in [6.07, 6.45) is 2.53. The number of para-hydroxylation sites is 1. The second-order valence-electron chi connectivity index (χ2n) is 4.61. The lowest BCUT2D eigenvalue weighted by Gasteiger charge is -2.07. The molecule has 1 N–H and O–H groups in total. The normalized spacial score (nSPS) is 10.6. The zero-order valence-corrected chi connectivity index (χ0v) is 13.0. The Labute approximate surface area is 141 Å². The molecule has 2 aromatic rings. The van der Waals surface area contributed by atoms with Crippen molar-refractivity contribution in [2.24, 2.45) is 0 Å². The van der Waals surface area contributed by atoms with Crippen molar-refractivity contribution in [1.82, 2.24) is 0 Å². The molecule has 0 fully saturated rings. The number of hydrogen-bond acceptors (Lipinski definition) is 3. The molecule has 0 atom stereocenters. The van der Waals surface area contributed by atoms with Crippen LogP contribution in [0.5, 0.6) is 0 Å². The van der Waals surface area contributed by atoms with E-state index in [4.69, 9.17) is 16.3 Å². The fourth-order valence-corrected chi connectivity index (χ4v) is 1.94. The second-order valence-corrected chi connectivity index (χ2v) is 5.01. The van der Waals surface area contributed by atoms with Crippen LogP contribution < -0.4 is 5.32 Å². The average molecular weight is 352 g/mol. The Morgan fingerprint density at radius 2 is 1.75 bits per heavy atom. The molecule has 4 nitrogen and oxygen atoms in total. The number of halogens is 3. The summed E-state index contributed by atoms with van der Waals surface area (Å²) in [4.78, 5) is 23.1. The summed E-state index contributed by atoms with van der Waals surface area (Å²) in [5.41, 5.74) is 0.0131. The summed E-state index contributed by atoms with van der Waals surface area (Å²) in [7, 11) is 0. The third kappa shape index (κ3) is 4.89. The molecule has 0 aromatic heterocycles. The minimum absolute atomic E-state index is 0.453. The molecule has 0 unspecified atom stereocenters. The SMILES string of the molecule is O=C(COC(=O)/C=C/c1ccccc1Cl)Nc1c(F)cccc1F. The van der Waals surface area contributed by atoms with Gasteiger partial charge in [0.05, 0.1) is 0 Å². The van der Waals surface area contributed by atoms with Crippen molar-refractivity contribution in [3.8, 4) is 0 Å². The predicted octanol–water partition coefficient (Wildman–Crippen LogP) is 3.81. The summed E-state index contributed by atoms with van der Waals surface area (Å²) in [5, 5.41) is 2.46. The van der Waals surface area contributed by atoms with Gasteiger partial charge in [0.1, 0.15) is 17.3 Å². The average Bonchev–Trinajstić information content (AvgIpc) is 2.56. The van der Waals surface area contributed by atoms with E-state index in [2.05, 4.69) is 0 Å². The topological polar surface area (TPSA) is 55.4 Å². The number of carbonyl (C=O) groups is 2. The van der Waals surface area contributed by atoms with E-state index in [9.17, 15) is 18.4 Å². The first-order chi connectivity index (χ1) is 11.5. The maximum absolute atomic E-state index is 13.4. The molecule has 2 aromatic carbocycles. The van der Waals surface area contributed by atoms with E-state index >= 15 is 0 Å². The number of benzene rings is 2. The summed E-state index contributed by atoms with van der Waals surface area (Å²) in [6, 6.07) is 9.99. The quantitative estimate of drug-likeness (QED) is 0.658. The molecule has 0 spiro atoms. The Morgan fingerprint density at radius 3 is 2.42 bits per heavy atom. The van der Waals surface area contributed by atoms with Crippen molar-refractivity contribution >= 4 is 35.2 Å². The minimum Gasteiger partial charge on any atom is -0.452 e. The van der Waals surface area contributed by atoms with E-state index in [1.165, 1.54) is 12.1 Å². The molecule has 0 radical (unpaired) electrons. The smallest absolute Gasteiger partial charge is 0.331 e. The van der Waals surface area contributed by atoms with Gasteiger partial charge in [0.15, 0.2) is 6.61 Å². The van der Waals surface area contributed by atoms with Crippen molar-refractivity contribution in [3.05, 3.63) is 70.8 Å². The van der Waals surface area contributed by atoms with Crippen LogP contribution in [0.15, 0.2) is 48.5 Å². The van der Waals surface area contributed by atoms with Gasteiger partial charge in [0.25, 0.3) is 5.91 Å².